The molecule has 2 amide bonds. The van der Waals surface area contributed by atoms with Gasteiger partial charge in [0, 0.05) is 5.02 Å². The first-order chi connectivity index (χ1) is 15.4. The van der Waals surface area contributed by atoms with Gasteiger partial charge in [-0.2, -0.15) is 0 Å². The normalized spacial score (nSPS) is 13.6. The molecule has 4 rings (SSSR count). The predicted molar refractivity (Wildman–Crippen MR) is 125 cm³/mol. The van der Waals surface area contributed by atoms with Crippen molar-refractivity contribution in [2.45, 2.75) is 0 Å². The van der Waals surface area contributed by atoms with Crippen molar-refractivity contribution in [2.75, 3.05) is 24.4 Å². The summed E-state index contributed by atoms with van der Waals surface area (Å²) >= 11 is 12.5. The summed E-state index contributed by atoms with van der Waals surface area (Å²) in [5.74, 6) is 0.0419. The van der Waals surface area contributed by atoms with Crippen molar-refractivity contribution in [3.8, 4) is 11.5 Å². The maximum absolute atomic E-state index is 13.5. The number of amides is 2. The van der Waals surface area contributed by atoms with Crippen LogP contribution in [0.15, 0.2) is 72.4 Å². The zero-order chi connectivity index (χ0) is 22.8. The van der Waals surface area contributed by atoms with Crippen LogP contribution in [-0.2, 0) is 9.59 Å². The molecule has 1 aliphatic rings. The molecule has 0 aliphatic carbocycles. The summed E-state index contributed by atoms with van der Waals surface area (Å²) in [6.07, 6.45) is 0. The second-order valence-corrected chi connectivity index (χ2v) is 7.69. The number of benzene rings is 3. The molecule has 0 bridgehead atoms. The lowest BCUT2D eigenvalue weighted by molar-refractivity contribution is -0.120. The van der Waals surface area contributed by atoms with E-state index in [-0.39, 0.29) is 16.3 Å². The third kappa shape index (κ3) is 3.90. The molecule has 8 heteroatoms. The molecule has 1 heterocycles. The molecule has 162 valence electrons. The highest BCUT2D eigenvalue weighted by molar-refractivity contribution is 6.48. The maximum Gasteiger partial charge on any atom is 0.282 e. The molecule has 0 aromatic heterocycles. The molecule has 32 heavy (non-hydrogen) atoms. The summed E-state index contributed by atoms with van der Waals surface area (Å²) in [6.45, 7) is 0. The lowest BCUT2D eigenvalue weighted by Gasteiger charge is -2.17. The van der Waals surface area contributed by atoms with Crippen LogP contribution in [0.1, 0.15) is 5.56 Å². The molecular weight excluding hydrogens is 451 g/mol. The van der Waals surface area contributed by atoms with E-state index >= 15 is 0 Å². The summed E-state index contributed by atoms with van der Waals surface area (Å²) in [4.78, 5) is 28.1. The quantitative estimate of drug-likeness (QED) is 0.490. The Morgan fingerprint density at radius 1 is 0.844 bits per heavy atom. The molecule has 0 saturated heterocycles. The fourth-order valence-corrected chi connectivity index (χ4v) is 3.83. The molecule has 3 aromatic rings. The van der Waals surface area contributed by atoms with E-state index in [0.29, 0.717) is 33.5 Å². The van der Waals surface area contributed by atoms with E-state index in [1.54, 1.807) is 73.8 Å². The smallest absolute Gasteiger partial charge is 0.282 e. The fourth-order valence-electron chi connectivity index (χ4n) is 3.44. The first-order valence-electron chi connectivity index (χ1n) is 9.57. The number of nitrogens with one attached hydrogen (secondary N) is 1. The number of anilines is 2. The second kappa shape index (κ2) is 8.94. The van der Waals surface area contributed by atoms with Crippen molar-refractivity contribution in [3.05, 3.63) is 88.0 Å². The molecule has 0 unspecified atom stereocenters. The predicted octanol–water partition coefficient (Wildman–Crippen LogP) is 5.41. The van der Waals surface area contributed by atoms with Crippen LogP contribution in [0.25, 0.3) is 5.57 Å². The number of carbonyl (C=O) groups is 2. The van der Waals surface area contributed by atoms with Crippen LogP contribution in [-0.4, -0.2) is 26.0 Å². The lowest BCUT2D eigenvalue weighted by Crippen LogP contribution is -2.32. The Bertz CT molecular complexity index is 1240. The Balaban J connectivity index is 1.86. The minimum Gasteiger partial charge on any atom is -0.497 e. The molecule has 1 N–H and O–H groups in total. The Kier molecular flexibility index (Phi) is 6.08. The first kappa shape index (κ1) is 21.7. The second-order valence-electron chi connectivity index (χ2n) is 6.85. The van der Waals surface area contributed by atoms with Crippen molar-refractivity contribution in [1.29, 1.82) is 0 Å². The summed E-state index contributed by atoms with van der Waals surface area (Å²) in [6, 6.07) is 18.5. The van der Waals surface area contributed by atoms with Gasteiger partial charge in [0.2, 0.25) is 0 Å². The van der Waals surface area contributed by atoms with Crippen LogP contribution in [0.5, 0.6) is 11.5 Å². The van der Waals surface area contributed by atoms with E-state index in [9.17, 15) is 9.59 Å². The number of para-hydroxylation sites is 1. The molecule has 6 nitrogen and oxygen atoms in total. The SMILES string of the molecule is COc1ccc(C2=C(Nc3cc(Cl)ccc3OC)C(=O)N(c3ccccc3Cl)C2=O)cc1. The van der Waals surface area contributed by atoms with Crippen LogP contribution >= 0.6 is 23.2 Å². The third-order valence-corrected chi connectivity index (χ3v) is 5.53. The van der Waals surface area contributed by atoms with E-state index in [1.165, 1.54) is 7.11 Å². The van der Waals surface area contributed by atoms with Gasteiger partial charge in [-0.25, -0.2) is 4.90 Å². The van der Waals surface area contributed by atoms with Gasteiger partial charge in [-0.1, -0.05) is 47.5 Å². The van der Waals surface area contributed by atoms with Crippen molar-refractivity contribution in [3.63, 3.8) is 0 Å². The minimum absolute atomic E-state index is 0.0839. The van der Waals surface area contributed by atoms with E-state index in [1.807, 2.05) is 0 Å². The van der Waals surface area contributed by atoms with Crippen LogP contribution in [0.2, 0.25) is 10.0 Å². The Morgan fingerprint density at radius 3 is 2.22 bits per heavy atom. The molecule has 0 fully saturated rings. The minimum atomic E-state index is -0.545. The first-order valence-corrected chi connectivity index (χ1v) is 10.3. The monoisotopic (exact) mass is 468 g/mol. The average Bonchev–Trinajstić information content (AvgIpc) is 3.04. The van der Waals surface area contributed by atoms with E-state index < -0.39 is 11.8 Å². The Labute approximate surface area is 195 Å². The molecular formula is C24H18Cl2N2O4. The van der Waals surface area contributed by atoms with Crippen LogP contribution in [0, 0.1) is 0 Å². The zero-order valence-corrected chi connectivity index (χ0v) is 18.7. The van der Waals surface area contributed by atoms with Gasteiger partial charge < -0.3 is 14.8 Å². The van der Waals surface area contributed by atoms with Gasteiger partial charge in [0.05, 0.1) is 36.2 Å². The Morgan fingerprint density at radius 2 is 1.56 bits per heavy atom. The number of rotatable bonds is 6. The summed E-state index contributed by atoms with van der Waals surface area (Å²) in [7, 11) is 3.06. The number of methoxy groups -OCH3 is 2. The number of hydrogen-bond acceptors (Lipinski definition) is 5. The molecule has 1 aliphatic heterocycles. The molecule has 3 aromatic carbocycles. The van der Waals surface area contributed by atoms with Crippen molar-refractivity contribution in [1.82, 2.24) is 0 Å². The molecule has 0 radical (unpaired) electrons. The largest absolute Gasteiger partial charge is 0.497 e. The number of nitrogens with zero attached hydrogens (tertiary/aromatic N) is 1. The average molecular weight is 469 g/mol. The summed E-state index contributed by atoms with van der Waals surface area (Å²) in [5.41, 5.74) is 1.57. The highest BCUT2D eigenvalue weighted by Gasteiger charge is 2.41. The number of carbonyl (C=O) groups excluding carboxylic acids is 2. The van der Waals surface area contributed by atoms with Gasteiger partial charge in [-0.3, -0.25) is 9.59 Å². The molecule has 0 spiro atoms. The van der Waals surface area contributed by atoms with E-state index in [4.69, 9.17) is 32.7 Å². The van der Waals surface area contributed by atoms with E-state index in [2.05, 4.69) is 5.32 Å². The summed E-state index contributed by atoms with van der Waals surface area (Å²) in [5, 5.41) is 3.79. The molecule has 0 atom stereocenters. The Hall–Kier alpha value is -3.48. The van der Waals surface area contributed by atoms with Gasteiger partial charge >= 0.3 is 0 Å². The third-order valence-electron chi connectivity index (χ3n) is 4.98. The standard InChI is InChI=1S/C24H18Cl2N2O4/c1-31-16-10-7-14(8-11-16)21-22(27-18-13-15(25)9-12-20(18)32-2)24(30)28(23(21)29)19-6-4-3-5-17(19)26/h3-13,27H,1-2H3. The summed E-state index contributed by atoms with van der Waals surface area (Å²) < 4.78 is 10.6. The number of imide groups is 1. The van der Waals surface area contributed by atoms with Crippen molar-refractivity contribution in [2.24, 2.45) is 0 Å². The van der Waals surface area contributed by atoms with Gasteiger partial charge in [-0.15, -0.1) is 0 Å². The topological polar surface area (TPSA) is 67.9 Å². The zero-order valence-electron chi connectivity index (χ0n) is 17.2. The van der Waals surface area contributed by atoms with Crippen molar-refractivity contribution < 1.29 is 19.1 Å². The maximum atomic E-state index is 13.5. The van der Waals surface area contributed by atoms with E-state index in [0.717, 1.165) is 4.90 Å². The van der Waals surface area contributed by atoms with Gasteiger partial charge in [0.1, 0.15) is 17.2 Å². The van der Waals surface area contributed by atoms with Crippen molar-refractivity contribution >= 4 is 52.0 Å². The van der Waals surface area contributed by atoms with Gasteiger partial charge in [0.15, 0.2) is 0 Å². The van der Waals surface area contributed by atoms with Gasteiger partial charge in [-0.05, 0) is 48.0 Å². The van der Waals surface area contributed by atoms with Crippen LogP contribution in [0.3, 0.4) is 0 Å². The fraction of sp³-hybridized carbons (Fsp3) is 0.0833. The van der Waals surface area contributed by atoms with Gasteiger partial charge in [0.25, 0.3) is 11.8 Å². The number of halogens is 2. The molecule has 0 saturated carbocycles. The number of ether oxygens (including phenoxy) is 2. The highest BCUT2D eigenvalue weighted by Crippen LogP contribution is 2.38. The van der Waals surface area contributed by atoms with Crippen LogP contribution < -0.4 is 19.7 Å². The highest BCUT2D eigenvalue weighted by atomic mass is 35.5. The van der Waals surface area contributed by atoms with Crippen LogP contribution in [0.4, 0.5) is 11.4 Å². The lowest BCUT2D eigenvalue weighted by atomic mass is 10.0. The number of hydrogen-bond donors (Lipinski definition) is 1.